The fourth-order valence-electron chi connectivity index (χ4n) is 3.41. The Hall–Kier alpha value is -3.56. The van der Waals surface area contributed by atoms with Crippen LogP contribution in [0.2, 0.25) is 0 Å². The molecule has 0 radical (unpaired) electrons. The summed E-state index contributed by atoms with van der Waals surface area (Å²) in [7, 11) is 1.57. The molecule has 10 heteroatoms. The van der Waals surface area contributed by atoms with Gasteiger partial charge in [0.25, 0.3) is 0 Å². The first-order chi connectivity index (χ1) is 15.5. The van der Waals surface area contributed by atoms with Crippen molar-refractivity contribution < 1.29 is 4.74 Å². The number of tetrazole rings is 1. The third kappa shape index (κ3) is 4.68. The van der Waals surface area contributed by atoms with E-state index in [2.05, 4.69) is 25.7 Å². The molecule has 1 aromatic carbocycles. The molecule has 4 rings (SSSR count). The summed E-state index contributed by atoms with van der Waals surface area (Å²) in [4.78, 5) is 12.3. The first kappa shape index (κ1) is 21.7. The Labute approximate surface area is 186 Å². The second-order valence-electron chi connectivity index (χ2n) is 8.03. The highest BCUT2D eigenvalue weighted by molar-refractivity contribution is 5.97. The van der Waals surface area contributed by atoms with Gasteiger partial charge in [0, 0.05) is 31.8 Å². The van der Waals surface area contributed by atoms with Crippen molar-refractivity contribution in [1.82, 2.24) is 29.6 Å². The quantitative estimate of drug-likeness (QED) is 0.307. The van der Waals surface area contributed by atoms with Gasteiger partial charge in [0.15, 0.2) is 0 Å². The number of hydrogen-bond donors (Lipinski definition) is 0. The maximum Gasteiger partial charge on any atom is 0.368 e. The highest BCUT2D eigenvalue weighted by Gasteiger charge is 2.23. The number of aromatic nitrogens is 6. The molecular weight excluding hydrogens is 408 g/mol. The van der Waals surface area contributed by atoms with Gasteiger partial charge in [-0.05, 0) is 60.7 Å². The van der Waals surface area contributed by atoms with Gasteiger partial charge in [-0.15, -0.1) is 5.10 Å². The third-order valence-electron chi connectivity index (χ3n) is 5.55. The highest BCUT2D eigenvalue weighted by Crippen LogP contribution is 2.30. The number of hydrogen-bond acceptors (Lipinski definition) is 7. The predicted molar refractivity (Wildman–Crippen MR) is 121 cm³/mol. The van der Waals surface area contributed by atoms with Crippen molar-refractivity contribution in [2.24, 2.45) is 23.2 Å². The van der Waals surface area contributed by atoms with Crippen LogP contribution in [0.15, 0.2) is 45.5 Å². The first-order valence-corrected chi connectivity index (χ1v) is 10.8. The van der Waals surface area contributed by atoms with Crippen LogP contribution in [0, 0.1) is 12.8 Å². The fourth-order valence-corrected chi connectivity index (χ4v) is 3.41. The molecular formula is C22H28N8O2. The second kappa shape index (κ2) is 9.29. The molecule has 3 aromatic rings. The summed E-state index contributed by atoms with van der Waals surface area (Å²) in [6, 6.07) is 7.63. The maximum absolute atomic E-state index is 12.3. The van der Waals surface area contributed by atoms with E-state index in [1.54, 1.807) is 13.2 Å². The number of nitrogens with zero attached hydrogens (tertiary/aromatic N) is 8. The van der Waals surface area contributed by atoms with Crippen LogP contribution in [0.4, 0.5) is 0 Å². The summed E-state index contributed by atoms with van der Waals surface area (Å²) in [5.74, 6) is 1.24. The van der Waals surface area contributed by atoms with Gasteiger partial charge in [0.2, 0.25) is 5.90 Å². The fraction of sp³-hybridized carbons (Fsp3) is 0.455. The van der Waals surface area contributed by atoms with E-state index >= 15 is 0 Å². The molecule has 0 atom stereocenters. The van der Waals surface area contributed by atoms with Crippen LogP contribution in [-0.4, -0.2) is 41.2 Å². The number of rotatable bonds is 8. The Kier molecular flexibility index (Phi) is 6.29. The van der Waals surface area contributed by atoms with Gasteiger partial charge >= 0.3 is 5.69 Å². The highest BCUT2D eigenvalue weighted by atomic mass is 16.5. The lowest BCUT2D eigenvalue weighted by Crippen LogP contribution is -2.23. The predicted octanol–water partition coefficient (Wildman–Crippen LogP) is 2.63. The minimum atomic E-state index is -0.315. The SMILES string of the molecule is CCC(=N/N=C(/C)c1ccnn1CC1CC1)OCc1c(C)cccc1-n1nnn(C)c1=O. The van der Waals surface area contributed by atoms with Crippen molar-refractivity contribution in [3.63, 3.8) is 0 Å². The third-order valence-corrected chi connectivity index (χ3v) is 5.55. The van der Waals surface area contributed by atoms with Crippen molar-refractivity contribution >= 4 is 11.6 Å². The largest absolute Gasteiger partial charge is 0.475 e. The second-order valence-corrected chi connectivity index (χ2v) is 8.03. The lowest BCUT2D eigenvalue weighted by Gasteiger charge is -2.13. The molecule has 2 aromatic heterocycles. The zero-order valence-corrected chi connectivity index (χ0v) is 18.9. The topological polar surface area (TPSA) is 104 Å². The van der Waals surface area contributed by atoms with Gasteiger partial charge in [-0.1, -0.05) is 19.1 Å². The molecule has 32 heavy (non-hydrogen) atoms. The summed E-state index contributed by atoms with van der Waals surface area (Å²) in [5.41, 5.74) is 3.92. The average Bonchev–Trinajstić information content (AvgIpc) is 3.38. The van der Waals surface area contributed by atoms with Crippen LogP contribution >= 0.6 is 0 Å². The van der Waals surface area contributed by atoms with Crippen LogP contribution in [0.5, 0.6) is 0 Å². The molecule has 10 nitrogen and oxygen atoms in total. The van der Waals surface area contributed by atoms with Crippen LogP contribution in [0.3, 0.4) is 0 Å². The van der Waals surface area contributed by atoms with Gasteiger partial charge < -0.3 is 4.74 Å². The molecule has 1 aliphatic carbocycles. The van der Waals surface area contributed by atoms with E-state index in [0.717, 1.165) is 35.0 Å². The molecule has 0 unspecified atom stereocenters. The molecule has 0 amide bonds. The molecule has 0 N–H and O–H groups in total. The summed E-state index contributed by atoms with van der Waals surface area (Å²) >= 11 is 0. The number of aryl methyl sites for hydroxylation is 2. The summed E-state index contributed by atoms with van der Waals surface area (Å²) < 4.78 is 10.5. The average molecular weight is 437 g/mol. The van der Waals surface area contributed by atoms with E-state index in [1.165, 1.54) is 22.2 Å². The molecule has 1 saturated carbocycles. The number of ether oxygens (including phenoxy) is 1. The van der Waals surface area contributed by atoms with Gasteiger partial charge in [-0.25, -0.2) is 4.79 Å². The molecule has 168 valence electrons. The zero-order chi connectivity index (χ0) is 22.7. The van der Waals surface area contributed by atoms with Crippen LogP contribution in [0.1, 0.15) is 49.9 Å². The van der Waals surface area contributed by atoms with E-state index < -0.39 is 0 Å². The van der Waals surface area contributed by atoms with Crippen molar-refractivity contribution in [3.8, 4) is 5.69 Å². The molecule has 0 bridgehead atoms. The van der Waals surface area contributed by atoms with Crippen LogP contribution in [-0.2, 0) is 24.9 Å². The number of benzene rings is 1. The van der Waals surface area contributed by atoms with Crippen LogP contribution in [0.25, 0.3) is 5.69 Å². The summed E-state index contributed by atoms with van der Waals surface area (Å²) in [6.07, 6.45) is 4.92. The van der Waals surface area contributed by atoms with Crippen LogP contribution < -0.4 is 5.69 Å². The van der Waals surface area contributed by atoms with E-state index in [0.29, 0.717) is 18.0 Å². The smallest absolute Gasteiger partial charge is 0.368 e. The van der Waals surface area contributed by atoms with Gasteiger partial charge in [0.1, 0.15) is 6.61 Å². The van der Waals surface area contributed by atoms with Gasteiger partial charge in [-0.2, -0.15) is 19.6 Å². The molecule has 1 fully saturated rings. The Morgan fingerprint density at radius 3 is 2.72 bits per heavy atom. The molecule has 2 heterocycles. The summed E-state index contributed by atoms with van der Waals surface area (Å²) in [5, 5.41) is 20.9. The Morgan fingerprint density at radius 2 is 2.03 bits per heavy atom. The van der Waals surface area contributed by atoms with Crippen molar-refractivity contribution in [1.29, 1.82) is 0 Å². The molecule has 0 spiro atoms. The van der Waals surface area contributed by atoms with Crippen molar-refractivity contribution in [2.75, 3.05) is 0 Å². The summed E-state index contributed by atoms with van der Waals surface area (Å²) in [6.45, 7) is 7.03. The zero-order valence-electron chi connectivity index (χ0n) is 18.9. The normalized spacial score (nSPS) is 14.8. The van der Waals surface area contributed by atoms with E-state index in [-0.39, 0.29) is 12.3 Å². The van der Waals surface area contributed by atoms with Crippen molar-refractivity contribution in [2.45, 2.75) is 53.2 Å². The van der Waals surface area contributed by atoms with E-state index in [1.807, 2.05) is 49.7 Å². The maximum atomic E-state index is 12.3. The Bertz CT molecular complexity index is 1210. The standard InChI is InChI=1S/C22H28N8O2/c1-5-21(25-24-16(3)19-11-12-23-29(19)13-17-9-10-17)32-14-18-15(2)7-6-8-20(18)30-22(31)28(4)26-27-30/h6-8,11-12,17H,5,9-10,13-14H2,1-4H3/b24-16-,25-21?. The molecule has 0 saturated heterocycles. The minimum Gasteiger partial charge on any atom is -0.475 e. The van der Waals surface area contributed by atoms with Crippen molar-refractivity contribution in [3.05, 3.63) is 57.8 Å². The molecule has 0 aliphatic heterocycles. The lowest BCUT2D eigenvalue weighted by molar-refractivity contribution is 0.282. The molecule has 1 aliphatic rings. The first-order valence-electron chi connectivity index (χ1n) is 10.8. The Balaban J connectivity index is 1.52. The van der Waals surface area contributed by atoms with E-state index in [9.17, 15) is 4.79 Å². The minimum absolute atomic E-state index is 0.242. The lowest BCUT2D eigenvalue weighted by atomic mass is 10.1. The van der Waals surface area contributed by atoms with E-state index in [4.69, 9.17) is 4.74 Å². The monoisotopic (exact) mass is 436 g/mol. The Morgan fingerprint density at radius 1 is 1.22 bits per heavy atom. The van der Waals surface area contributed by atoms with Gasteiger partial charge in [-0.3, -0.25) is 4.68 Å². The van der Waals surface area contributed by atoms with Gasteiger partial charge in [0.05, 0.1) is 17.1 Å².